The predicted molar refractivity (Wildman–Crippen MR) is 243 cm³/mol. The number of nitrogens with one attached hydrogen (secondary N) is 7. The van der Waals surface area contributed by atoms with Crippen LogP contribution in [0.3, 0.4) is 0 Å². The molecule has 0 aromatic heterocycles. The average Bonchev–Trinajstić information content (AvgIpc) is 3.32. The fourth-order valence-corrected chi connectivity index (χ4v) is 3.49. The van der Waals surface area contributed by atoms with Gasteiger partial charge in [-0.25, -0.2) is 0 Å². The number of nitrogens with zero attached hydrogens (tertiary/aromatic N) is 2. The summed E-state index contributed by atoms with van der Waals surface area (Å²) in [6, 6.07) is 0. The number of rotatable bonds is 36. The molecule has 392 valence electrons. The van der Waals surface area contributed by atoms with Gasteiger partial charge < -0.3 is 86.8 Å². The maximum Gasteiger partial charge on any atom is 0.236 e. The molecule has 0 saturated carbocycles. The van der Waals surface area contributed by atoms with E-state index in [1.807, 2.05) is 6.92 Å². The standard InChI is InChI=1S/C25H53N5O8.C4H7N2O2.C4H9NO.3C2H5NO.Fm/c1-3-25(32)29(2)8-4-24(31)28-7-12-33-14-16-35-18-20-37-22-23-38-21-19-36-17-15-34-13-11-30(9-5-26)10-6-27;1-5-4(8)2-6-3-7;1-3-4(6)5-2;3*1-3-2-4;/h3-23,26-27H2,1-2H3,(H,28,31);2H2,1H3,(H,5,8)(H,6,7);3H2,1-2H3,(H,5,6);3*2H,1H3,(H,3,4);/q;-1;;;;;. The predicted octanol–water partition coefficient (Wildman–Crippen LogP) is -4.70. The van der Waals surface area contributed by atoms with Crippen LogP contribution >= 0.6 is 0 Å². The topological polar surface area (TPSA) is 335 Å². The van der Waals surface area contributed by atoms with Crippen molar-refractivity contribution in [2.75, 3.05) is 174 Å². The molecule has 0 rings (SSSR count). The summed E-state index contributed by atoms with van der Waals surface area (Å²) in [5.74, 6) is -0.205. The molecule has 0 fully saturated rings. The van der Waals surface area contributed by atoms with Crippen LogP contribution in [0.15, 0.2) is 0 Å². The second-order valence-electron chi connectivity index (χ2n) is 11.7. The van der Waals surface area contributed by atoms with Crippen molar-refractivity contribution >= 4 is 49.3 Å². The van der Waals surface area contributed by atoms with E-state index in [2.05, 4.69) is 42.1 Å². The van der Waals surface area contributed by atoms with E-state index in [1.54, 1.807) is 47.1 Å². The minimum Gasteiger partial charge on any atom is -0.522 e. The minimum atomic E-state index is -0.228. The fourth-order valence-electron chi connectivity index (χ4n) is 3.49. The van der Waals surface area contributed by atoms with Crippen molar-refractivity contribution in [2.45, 2.75) is 33.1 Å². The Bertz CT molecular complexity index is 1020. The van der Waals surface area contributed by atoms with Gasteiger partial charge in [0.2, 0.25) is 42.9 Å². The summed E-state index contributed by atoms with van der Waals surface area (Å²) < 4.78 is 32.8. The molecular formula is C39H84FmN11O14-. The van der Waals surface area contributed by atoms with Crippen LogP contribution in [0.5, 0.6) is 0 Å². The zero-order valence-corrected chi connectivity index (χ0v) is 42.5. The Morgan fingerprint density at radius 1 is 0.554 bits per heavy atom. The summed E-state index contributed by atoms with van der Waals surface area (Å²) in [7, 11) is 9.51. The van der Waals surface area contributed by atoms with Gasteiger partial charge in [-0.2, -0.15) is 6.41 Å². The van der Waals surface area contributed by atoms with Gasteiger partial charge in [-0.3, -0.25) is 38.5 Å². The Morgan fingerprint density at radius 3 is 1.22 bits per heavy atom. The van der Waals surface area contributed by atoms with Gasteiger partial charge in [0, 0.05) is 107 Å². The first kappa shape index (κ1) is 73.8. The van der Waals surface area contributed by atoms with E-state index in [4.69, 9.17) is 54.3 Å². The second-order valence-corrected chi connectivity index (χ2v) is 11.7. The Kier molecular flexibility index (Phi) is 79.5. The molecule has 0 spiro atoms. The van der Waals surface area contributed by atoms with Gasteiger partial charge in [0.15, 0.2) is 0 Å². The largest absolute Gasteiger partial charge is 0.522 e. The number of amides is 8. The molecule has 65 heavy (non-hydrogen) atoms. The van der Waals surface area contributed by atoms with E-state index in [0.29, 0.717) is 138 Å². The van der Waals surface area contributed by atoms with E-state index in [9.17, 15) is 24.0 Å². The number of likely N-dealkylation sites (N-methyl/N-ethyl adjacent to an activating group) is 1. The van der Waals surface area contributed by atoms with Crippen LogP contribution < -0.4 is 48.7 Å². The number of nitrogens with two attached hydrogens (primary N) is 2. The molecule has 0 aromatic carbocycles. The molecule has 25 nitrogen and oxygen atoms in total. The van der Waals surface area contributed by atoms with Crippen LogP contribution in [-0.2, 0) is 66.8 Å². The average molecular weight is 1190 g/mol. The molecular weight excluding hydrogens is 1100 g/mol. The van der Waals surface area contributed by atoms with Gasteiger partial charge in [0.1, 0.15) is 0 Å². The number of hydrogen-bond acceptors (Lipinski definition) is 17. The normalized spacial score (nSPS) is 9.22. The summed E-state index contributed by atoms with van der Waals surface area (Å²) in [5, 5.41) is 16.4. The van der Waals surface area contributed by atoms with Gasteiger partial charge in [-0.1, -0.05) is 13.8 Å². The summed E-state index contributed by atoms with van der Waals surface area (Å²) in [6.07, 6.45) is 4.55. The number of carbonyl (C=O) groups is 7. The molecule has 8 amide bonds. The summed E-state index contributed by atoms with van der Waals surface area (Å²) in [5.41, 5.74) is 11.2. The van der Waals surface area contributed by atoms with Crippen molar-refractivity contribution in [1.82, 2.24) is 47.0 Å². The molecule has 0 aromatic rings. The molecule has 11 N–H and O–H groups in total. The molecule has 0 unspecified atom stereocenters. The van der Waals surface area contributed by atoms with Crippen LogP contribution in [0, 0.1) is 0 Å². The van der Waals surface area contributed by atoms with E-state index in [-0.39, 0.29) is 36.6 Å². The maximum absolute atomic E-state index is 11.7. The van der Waals surface area contributed by atoms with Crippen molar-refractivity contribution in [3.63, 3.8) is 0 Å². The quantitative estimate of drug-likeness (QED) is 0.0123. The van der Waals surface area contributed by atoms with E-state index < -0.39 is 0 Å². The number of carbonyl (C=O) groups excluding carboxylic acids is 8. The van der Waals surface area contributed by atoms with E-state index in [0.717, 1.165) is 19.6 Å². The van der Waals surface area contributed by atoms with E-state index >= 15 is 0 Å². The van der Waals surface area contributed by atoms with Crippen LogP contribution in [0.2, 0.25) is 0 Å². The van der Waals surface area contributed by atoms with Crippen LogP contribution in [-0.4, -0.2) is 233 Å². The molecule has 0 aliphatic carbocycles. The third-order valence-corrected chi connectivity index (χ3v) is 6.83. The second kappa shape index (κ2) is 70.1. The zero-order chi connectivity index (χ0) is 49.7. The van der Waals surface area contributed by atoms with Gasteiger partial charge >= 0.3 is 0 Å². The molecule has 0 saturated heterocycles. The van der Waals surface area contributed by atoms with E-state index in [1.165, 1.54) is 13.5 Å². The smallest absolute Gasteiger partial charge is 0.236 e. The Labute approximate surface area is 381 Å². The van der Waals surface area contributed by atoms with Crippen molar-refractivity contribution in [1.29, 1.82) is 0 Å². The SMILES string of the molecule is CCC(=O)N(C)CCC(=O)NCCOCCOCCOCCOCCOCCOCCN(CCN)CCN.CCC(=O)NC.CNC(=O)CN[C-]=O.CNC=O.CNC=O.CNC=O.[Fm]. The zero-order valence-electron chi connectivity index (χ0n) is 40.0. The number of ether oxygens (including phenoxy) is 6. The van der Waals surface area contributed by atoms with Crippen molar-refractivity contribution in [3.8, 4) is 0 Å². The molecule has 0 aliphatic heterocycles. The first-order valence-electron chi connectivity index (χ1n) is 20.8. The molecule has 0 radical (unpaired) electrons. The molecule has 0 atom stereocenters. The molecule has 26 heteroatoms. The Balaban J connectivity index is -0.000000200. The van der Waals surface area contributed by atoms with Crippen LogP contribution in [0.4, 0.5) is 0 Å². The summed E-state index contributed by atoms with van der Waals surface area (Å²) >= 11 is 0. The van der Waals surface area contributed by atoms with Crippen molar-refractivity contribution in [3.05, 3.63) is 0 Å². The van der Waals surface area contributed by atoms with Crippen LogP contribution in [0.1, 0.15) is 33.1 Å². The Hall–Kier alpha value is -5.60. The van der Waals surface area contributed by atoms with Gasteiger partial charge in [-0.15, -0.1) is 0 Å². The van der Waals surface area contributed by atoms with Crippen molar-refractivity contribution < 1.29 is 66.8 Å². The number of hydrogen-bond donors (Lipinski definition) is 9. The molecule has 0 aliphatic rings. The molecule has 0 bridgehead atoms. The first-order valence-corrected chi connectivity index (χ1v) is 20.8. The molecule has 0 heterocycles. The monoisotopic (exact) mass is 1190 g/mol. The van der Waals surface area contributed by atoms with Gasteiger partial charge in [0.05, 0.1) is 85.8 Å². The maximum atomic E-state index is 11.7. The van der Waals surface area contributed by atoms with Crippen LogP contribution in [0.25, 0.3) is 0 Å². The van der Waals surface area contributed by atoms with Gasteiger partial charge in [-0.05, 0) is 0 Å². The van der Waals surface area contributed by atoms with Crippen molar-refractivity contribution in [2.24, 2.45) is 11.5 Å². The first-order chi connectivity index (χ1) is 30.9. The minimum absolute atomic E-state index is 0. The third kappa shape index (κ3) is 79.3. The van der Waals surface area contributed by atoms with Gasteiger partial charge in [0.25, 0.3) is 0 Å². The fraction of sp³-hybridized carbons (Fsp3) is 0.795. The summed E-state index contributed by atoms with van der Waals surface area (Å²) in [6.45, 7) is 14.2. The Morgan fingerprint density at radius 2 is 0.923 bits per heavy atom. The third-order valence-electron chi connectivity index (χ3n) is 6.83. The summed E-state index contributed by atoms with van der Waals surface area (Å²) in [4.78, 5) is 83.8.